The van der Waals surface area contributed by atoms with Gasteiger partial charge >= 0.3 is 0 Å². The lowest BCUT2D eigenvalue weighted by molar-refractivity contribution is -0.172. The molecule has 3 amide bonds. The van der Waals surface area contributed by atoms with Crippen molar-refractivity contribution in [3.8, 4) is 0 Å². The number of aliphatic hydroxyl groups is 1. The van der Waals surface area contributed by atoms with Crippen LogP contribution in [0.3, 0.4) is 0 Å². The van der Waals surface area contributed by atoms with Gasteiger partial charge in [-0.3, -0.25) is 14.4 Å². The lowest BCUT2D eigenvalue weighted by Gasteiger charge is -2.53. The molecule has 1 saturated carbocycles. The quantitative estimate of drug-likeness (QED) is 0.587. The van der Waals surface area contributed by atoms with Crippen molar-refractivity contribution >= 4 is 17.7 Å². The van der Waals surface area contributed by atoms with Crippen molar-refractivity contribution in [2.24, 2.45) is 17.1 Å². The van der Waals surface area contributed by atoms with Crippen molar-refractivity contribution in [1.29, 1.82) is 0 Å². The summed E-state index contributed by atoms with van der Waals surface area (Å²) in [7, 11) is 0. The number of primary amides is 1. The van der Waals surface area contributed by atoms with Gasteiger partial charge in [0.2, 0.25) is 17.7 Å². The molecule has 4 N–H and O–H groups in total. The van der Waals surface area contributed by atoms with Crippen molar-refractivity contribution < 1.29 is 19.5 Å². The molecule has 1 atom stereocenters. The average molecular weight is 311 g/mol. The molecule has 0 aromatic carbocycles. The lowest BCUT2D eigenvalue weighted by atomic mass is 9.66. The Kier molecular flexibility index (Phi) is 4.75. The summed E-state index contributed by atoms with van der Waals surface area (Å²) >= 11 is 0. The molecule has 1 saturated heterocycles. The Morgan fingerprint density at radius 2 is 2.00 bits per heavy atom. The van der Waals surface area contributed by atoms with Crippen LogP contribution in [0, 0.1) is 11.3 Å². The number of nitrogens with two attached hydrogens (primary N) is 1. The highest BCUT2D eigenvalue weighted by molar-refractivity contribution is 5.94. The van der Waals surface area contributed by atoms with Gasteiger partial charge in [0.15, 0.2) is 0 Å². The maximum atomic E-state index is 12.4. The smallest absolute Gasteiger partial charge is 0.242 e. The third-order valence-corrected chi connectivity index (χ3v) is 4.88. The number of carbonyl (C=O) groups is 3. The highest BCUT2D eigenvalue weighted by atomic mass is 16.3. The first-order chi connectivity index (χ1) is 10.3. The van der Waals surface area contributed by atoms with E-state index in [1.54, 1.807) is 0 Å². The maximum absolute atomic E-state index is 12.4. The second-order valence-corrected chi connectivity index (χ2v) is 6.75. The molecule has 0 aromatic rings. The molecule has 2 aliphatic rings. The van der Waals surface area contributed by atoms with E-state index >= 15 is 0 Å². The summed E-state index contributed by atoms with van der Waals surface area (Å²) in [6.07, 6.45) is 2.92. The third-order valence-electron chi connectivity index (χ3n) is 4.88. The number of aliphatic hydroxyl groups excluding tert-OH is 1. The minimum absolute atomic E-state index is 0.0385. The molecule has 1 spiro atoms. The standard InChI is InChI=1S/C15H25N3O4/c1-9(2)13(21)17-10-3-5-15(6-4-10)8-18(14(15)22)11(7-19)12(16)20/h9-11,19H,3-8H2,1-2H3,(H2,16,20)(H,17,21)/t10?,11-,15?/m0/s1. The number of amides is 3. The molecule has 0 radical (unpaired) electrons. The molecule has 7 nitrogen and oxygen atoms in total. The summed E-state index contributed by atoms with van der Waals surface area (Å²) in [6, 6.07) is -0.802. The van der Waals surface area contributed by atoms with E-state index in [0.29, 0.717) is 19.4 Å². The molecule has 22 heavy (non-hydrogen) atoms. The van der Waals surface area contributed by atoms with E-state index in [4.69, 9.17) is 5.73 Å². The first-order valence-corrected chi connectivity index (χ1v) is 7.82. The van der Waals surface area contributed by atoms with Crippen LogP contribution in [0.15, 0.2) is 0 Å². The normalized spacial score (nSPS) is 29.4. The molecule has 2 rings (SSSR count). The number of hydrogen-bond donors (Lipinski definition) is 3. The number of β-lactam (4-membered cyclic amide) rings is 1. The molecule has 0 unspecified atom stereocenters. The molecule has 0 aromatic heterocycles. The summed E-state index contributed by atoms with van der Waals surface area (Å²) in [5.41, 5.74) is 4.77. The summed E-state index contributed by atoms with van der Waals surface area (Å²) in [4.78, 5) is 36.7. The van der Waals surface area contributed by atoms with Crippen molar-refractivity contribution in [2.75, 3.05) is 13.2 Å². The van der Waals surface area contributed by atoms with Crippen LogP contribution in [-0.2, 0) is 14.4 Å². The SMILES string of the molecule is CC(C)C(=O)NC1CCC2(CC1)CN([C@@H](CO)C(N)=O)C2=O. The van der Waals surface area contributed by atoms with E-state index in [9.17, 15) is 19.5 Å². The molecule has 1 heterocycles. The van der Waals surface area contributed by atoms with Gasteiger partial charge in [-0.05, 0) is 25.7 Å². The minimum atomic E-state index is -0.920. The van der Waals surface area contributed by atoms with Gasteiger partial charge in [0.25, 0.3) is 0 Å². The zero-order valence-electron chi connectivity index (χ0n) is 13.2. The minimum Gasteiger partial charge on any atom is -0.394 e. The fourth-order valence-corrected chi connectivity index (χ4v) is 3.33. The number of hydrogen-bond acceptors (Lipinski definition) is 4. The summed E-state index contributed by atoms with van der Waals surface area (Å²) < 4.78 is 0. The van der Waals surface area contributed by atoms with Crippen LogP contribution >= 0.6 is 0 Å². The lowest BCUT2D eigenvalue weighted by Crippen LogP contribution is -2.68. The first-order valence-electron chi connectivity index (χ1n) is 7.82. The van der Waals surface area contributed by atoms with E-state index in [-0.39, 0.29) is 23.8 Å². The van der Waals surface area contributed by atoms with Crippen LogP contribution in [0.25, 0.3) is 0 Å². The number of likely N-dealkylation sites (tertiary alicyclic amines) is 1. The van der Waals surface area contributed by atoms with Crippen LogP contribution in [-0.4, -0.2) is 53.0 Å². The second kappa shape index (κ2) is 6.24. The third kappa shape index (κ3) is 2.95. The van der Waals surface area contributed by atoms with Crippen LogP contribution in [0.1, 0.15) is 39.5 Å². The molecular formula is C15H25N3O4. The van der Waals surface area contributed by atoms with E-state index in [1.807, 2.05) is 13.8 Å². The van der Waals surface area contributed by atoms with E-state index in [1.165, 1.54) is 4.90 Å². The Balaban J connectivity index is 1.89. The molecular weight excluding hydrogens is 286 g/mol. The highest BCUT2D eigenvalue weighted by Crippen LogP contribution is 2.45. The Hall–Kier alpha value is -1.63. The van der Waals surface area contributed by atoms with Crippen molar-refractivity contribution in [3.63, 3.8) is 0 Å². The maximum Gasteiger partial charge on any atom is 0.242 e. The number of nitrogens with one attached hydrogen (secondary N) is 1. The Bertz CT molecular complexity index is 469. The molecule has 1 aliphatic carbocycles. The van der Waals surface area contributed by atoms with Gasteiger partial charge in [-0.2, -0.15) is 0 Å². The predicted molar refractivity (Wildman–Crippen MR) is 79.5 cm³/mol. The van der Waals surface area contributed by atoms with E-state index < -0.39 is 24.0 Å². The highest BCUT2D eigenvalue weighted by Gasteiger charge is 2.55. The Morgan fingerprint density at radius 1 is 1.41 bits per heavy atom. The van der Waals surface area contributed by atoms with Crippen LogP contribution < -0.4 is 11.1 Å². The summed E-state index contributed by atoms with van der Waals surface area (Å²) in [5.74, 6) is -0.781. The van der Waals surface area contributed by atoms with Gasteiger partial charge in [0.05, 0.1) is 12.0 Å². The topological polar surface area (TPSA) is 113 Å². The first kappa shape index (κ1) is 16.7. The average Bonchev–Trinajstić information content (AvgIpc) is 2.48. The predicted octanol–water partition coefficient (Wildman–Crippen LogP) is -0.624. The fourth-order valence-electron chi connectivity index (χ4n) is 3.33. The summed E-state index contributed by atoms with van der Waals surface area (Å²) in [6.45, 7) is 3.73. The molecule has 1 aliphatic heterocycles. The van der Waals surface area contributed by atoms with Crippen molar-refractivity contribution in [2.45, 2.75) is 51.6 Å². The van der Waals surface area contributed by atoms with Gasteiger partial charge in [0.1, 0.15) is 6.04 Å². The molecule has 124 valence electrons. The largest absolute Gasteiger partial charge is 0.394 e. The van der Waals surface area contributed by atoms with Crippen molar-refractivity contribution in [3.05, 3.63) is 0 Å². The van der Waals surface area contributed by atoms with Crippen LogP contribution in [0.2, 0.25) is 0 Å². The monoisotopic (exact) mass is 311 g/mol. The van der Waals surface area contributed by atoms with Crippen molar-refractivity contribution in [1.82, 2.24) is 10.2 Å². The van der Waals surface area contributed by atoms with E-state index in [2.05, 4.69) is 5.32 Å². The molecule has 7 heteroatoms. The number of rotatable bonds is 5. The zero-order valence-corrected chi connectivity index (χ0v) is 13.2. The summed E-state index contributed by atoms with van der Waals surface area (Å²) in [5, 5.41) is 12.2. The van der Waals surface area contributed by atoms with Crippen LogP contribution in [0.5, 0.6) is 0 Å². The fraction of sp³-hybridized carbons (Fsp3) is 0.800. The Labute approximate surface area is 130 Å². The van der Waals surface area contributed by atoms with Crippen LogP contribution in [0.4, 0.5) is 0 Å². The van der Waals surface area contributed by atoms with Gasteiger partial charge < -0.3 is 21.1 Å². The van der Waals surface area contributed by atoms with Gasteiger partial charge in [-0.25, -0.2) is 0 Å². The molecule has 0 bridgehead atoms. The van der Waals surface area contributed by atoms with Gasteiger partial charge in [-0.1, -0.05) is 13.8 Å². The van der Waals surface area contributed by atoms with Gasteiger partial charge in [-0.15, -0.1) is 0 Å². The van der Waals surface area contributed by atoms with Gasteiger partial charge in [0, 0.05) is 18.5 Å². The molecule has 2 fully saturated rings. The Morgan fingerprint density at radius 3 is 2.41 bits per heavy atom. The van der Waals surface area contributed by atoms with E-state index in [0.717, 1.165) is 12.8 Å². The number of carbonyl (C=O) groups excluding carboxylic acids is 3. The number of nitrogens with zero attached hydrogens (tertiary/aromatic N) is 1. The second-order valence-electron chi connectivity index (χ2n) is 6.75. The zero-order chi connectivity index (χ0) is 16.5.